The Bertz CT molecular complexity index is 643. The maximum Gasteiger partial charge on any atom is 0.211 e. The molecule has 0 bridgehead atoms. The van der Waals surface area contributed by atoms with Crippen molar-refractivity contribution < 1.29 is 13.2 Å². The Morgan fingerprint density at radius 2 is 2.00 bits per heavy atom. The first kappa shape index (κ1) is 17.7. The fraction of sp³-hybridized carbons (Fsp3) is 0.929. The number of rotatable bonds is 5. The van der Waals surface area contributed by atoms with Crippen LogP contribution >= 0.6 is 0 Å². The first-order valence-corrected chi connectivity index (χ1v) is 10.3. The largest absolute Gasteiger partial charge is 0.381 e. The topological polar surface area (TPSA) is 93.5 Å². The van der Waals surface area contributed by atoms with Crippen molar-refractivity contribution in [2.45, 2.75) is 38.9 Å². The van der Waals surface area contributed by atoms with Crippen molar-refractivity contribution in [1.82, 2.24) is 29.4 Å². The Labute approximate surface area is 143 Å². The summed E-state index contributed by atoms with van der Waals surface area (Å²) in [6, 6.07) is -0.0337. The first-order chi connectivity index (χ1) is 11.4. The van der Waals surface area contributed by atoms with E-state index in [1.807, 2.05) is 11.6 Å². The molecule has 1 aromatic rings. The number of piperazine rings is 1. The van der Waals surface area contributed by atoms with Gasteiger partial charge in [-0.25, -0.2) is 13.1 Å². The molecule has 0 aromatic carbocycles. The highest BCUT2D eigenvalue weighted by Gasteiger charge is 2.30. The molecule has 1 atom stereocenters. The summed E-state index contributed by atoms with van der Waals surface area (Å²) >= 11 is 0. The second-order valence-electron chi connectivity index (χ2n) is 6.79. The summed E-state index contributed by atoms with van der Waals surface area (Å²) in [5.74, 6) is 1.41. The maximum atomic E-state index is 11.8. The molecule has 10 heteroatoms. The van der Waals surface area contributed by atoms with E-state index in [1.165, 1.54) is 6.26 Å². The summed E-state index contributed by atoms with van der Waals surface area (Å²) in [5.41, 5.74) is 0. The molecule has 2 saturated heterocycles. The number of hydrogen-bond acceptors (Lipinski definition) is 7. The number of tetrazole rings is 1. The Hall–Kier alpha value is -1.10. The van der Waals surface area contributed by atoms with E-state index in [4.69, 9.17) is 4.74 Å². The lowest BCUT2D eigenvalue weighted by atomic mass is 10.0. The molecule has 24 heavy (non-hydrogen) atoms. The molecular formula is C14H26N6O3S. The molecule has 0 saturated carbocycles. The SMILES string of the molecule is C[C@H]1CN(Cc2nnnn2CC2CCOCC2)CCN1S(C)(=O)=O. The second-order valence-corrected chi connectivity index (χ2v) is 8.73. The molecule has 0 N–H and O–H groups in total. The van der Waals surface area contributed by atoms with Crippen LogP contribution in [0.3, 0.4) is 0 Å². The van der Waals surface area contributed by atoms with Crippen LogP contribution in [0.4, 0.5) is 0 Å². The van der Waals surface area contributed by atoms with Crippen molar-refractivity contribution in [1.29, 1.82) is 0 Å². The Balaban J connectivity index is 1.58. The van der Waals surface area contributed by atoms with Crippen molar-refractivity contribution >= 4 is 10.0 Å². The third-order valence-electron chi connectivity index (χ3n) is 4.82. The van der Waals surface area contributed by atoms with Crippen LogP contribution in [0.5, 0.6) is 0 Å². The van der Waals surface area contributed by atoms with Gasteiger partial charge in [0.15, 0.2) is 5.82 Å². The second kappa shape index (κ2) is 7.42. The summed E-state index contributed by atoms with van der Waals surface area (Å²) in [4.78, 5) is 2.22. The highest BCUT2D eigenvalue weighted by Crippen LogP contribution is 2.18. The van der Waals surface area contributed by atoms with E-state index in [9.17, 15) is 8.42 Å². The molecule has 3 rings (SSSR count). The zero-order valence-corrected chi connectivity index (χ0v) is 15.2. The van der Waals surface area contributed by atoms with Crippen LogP contribution in [0.2, 0.25) is 0 Å². The van der Waals surface area contributed by atoms with Crippen LogP contribution in [0.1, 0.15) is 25.6 Å². The highest BCUT2D eigenvalue weighted by atomic mass is 32.2. The van der Waals surface area contributed by atoms with E-state index in [-0.39, 0.29) is 6.04 Å². The molecule has 2 fully saturated rings. The Kier molecular flexibility index (Phi) is 5.48. The van der Waals surface area contributed by atoms with Gasteiger partial charge in [-0.05, 0) is 36.1 Å². The summed E-state index contributed by atoms with van der Waals surface area (Å²) in [6.07, 6.45) is 3.36. The monoisotopic (exact) mass is 358 g/mol. The Morgan fingerprint density at radius 3 is 2.67 bits per heavy atom. The molecule has 0 amide bonds. The van der Waals surface area contributed by atoms with E-state index in [0.717, 1.165) is 38.4 Å². The van der Waals surface area contributed by atoms with Gasteiger partial charge in [0.2, 0.25) is 10.0 Å². The van der Waals surface area contributed by atoms with Gasteiger partial charge >= 0.3 is 0 Å². The fourth-order valence-corrected chi connectivity index (χ4v) is 4.64. The lowest BCUT2D eigenvalue weighted by Crippen LogP contribution is -2.53. The molecule has 0 radical (unpaired) electrons. The normalized spacial score (nSPS) is 25.2. The molecule has 0 aliphatic carbocycles. The lowest BCUT2D eigenvalue weighted by molar-refractivity contribution is 0.0591. The zero-order chi connectivity index (χ0) is 17.2. The molecule has 9 nitrogen and oxygen atoms in total. The summed E-state index contributed by atoms with van der Waals surface area (Å²) in [5, 5.41) is 12.1. The molecule has 2 aliphatic rings. The predicted octanol–water partition coefficient (Wildman–Crippen LogP) is -0.435. The summed E-state index contributed by atoms with van der Waals surface area (Å²) in [6.45, 7) is 6.95. The van der Waals surface area contributed by atoms with Gasteiger partial charge in [0.1, 0.15) is 0 Å². The van der Waals surface area contributed by atoms with Gasteiger partial charge in [-0.3, -0.25) is 4.90 Å². The van der Waals surface area contributed by atoms with E-state index in [0.29, 0.717) is 32.1 Å². The maximum absolute atomic E-state index is 11.8. The van der Waals surface area contributed by atoms with Gasteiger partial charge in [-0.15, -0.1) is 5.10 Å². The first-order valence-electron chi connectivity index (χ1n) is 8.45. The van der Waals surface area contributed by atoms with Gasteiger partial charge < -0.3 is 4.74 Å². The average molecular weight is 358 g/mol. The minimum Gasteiger partial charge on any atom is -0.381 e. The number of hydrogen-bond donors (Lipinski definition) is 0. The van der Waals surface area contributed by atoms with E-state index in [2.05, 4.69) is 20.4 Å². The van der Waals surface area contributed by atoms with Crippen molar-refractivity contribution in [3.8, 4) is 0 Å². The van der Waals surface area contributed by atoms with Gasteiger partial charge in [0.05, 0.1) is 12.8 Å². The average Bonchev–Trinajstić information content (AvgIpc) is 2.94. The van der Waals surface area contributed by atoms with E-state index >= 15 is 0 Å². The Morgan fingerprint density at radius 1 is 1.25 bits per heavy atom. The number of sulfonamides is 1. The van der Waals surface area contributed by atoms with Gasteiger partial charge in [-0.2, -0.15) is 4.31 Å². The fourth-order valence-electron chi connectivity index (χ4n) is 3.50. The van der Waals surface area contributed by atoms with Crippen molar-refractivity contribution in [3.05, 3.63) is 5.82 Å². The van der Waals surface area contributed by atoms with Crippen LogP contribution in [0.15, 0.2) is 0 Å². The van der Waals surface area contributed by atoms with Crippen molar-refractivity contribution in [2.75, 3.05) is 39.1 Å². The van der Waals surface area contributed by atoms with Gasteiger partial charge in [0.25, 0.3) is 0 Å². The van der Waals surface area contributed by atoms with Crippen molar-refractivity contribution in [2.24, 2.45) is 5.92 Å². The standard InChI is InChI=1S/C14H26N6O3S/c1-12-9-18(5-6-20(12)24(2,21)22)11-14-15-16-17-19(14)10-13-3-7-23-8-4-13/h12-13H,3-11H2,1-2H3/t12-/m0/s1. The molecule has 0 unspecified atom stereocenters. The number of ether oxygens (including phenoxy) is 1. The van der Waals surface area contributed by atoms with E-state index in [1.54, 1.807) is 4.31 Å². The van der Waals surface area contributed by atoms with Crippen LogP contribution in [0, 0.1) is 5.92 Å². The number of nitrogens with zero attached hydrogens (tertiary/aromatic N) is 6. The van der Waals surface area contributed by atoms with Crippen molar-refractivity contribution in [3.63, 3.8) is 0 Å². The van der Waals surface area contributed by atoms with Crippen LogP contribution in [0.25, 0.3) is 0 Å². The third kappa shape index (κ3) is 4.29. The minimum absolute atomic E-state index is 0.0337. The van der Waals surface area contributed by atoms with Crippen LogP contribution < -0.4 is 0 Å². The predicted molar refractivity (Wildman–Crippen MR) is 87.6 cm³/mol. The van der Waals surface area contributed by atoms with Crippen LogP contribution in [-0.2, 0) is 27.8 Å². The summed E-state index contributed by atoms with van der Waals surface area (Å²) < 4.78 is 32.4. The molecule has 0 spiro atoms. The van der Waals surface area contributed by atoms with Gasteiger partial charge in [0, 0.05) is 45.4 Å². The molecule has 3 heterocycles. The smallest absolute Gasteiger partial charge is 0.211 e. The zero-order valence-electron chi connectivity index (χ0n) is 14.3. The van der Waals surface area contributed by atoms with E-state index < -0.39 is 10.0 Å². The number of aromatic nitrogens is 4. The third-order valence-corrected chi connectivity index (χ3v) is 6.21. The molecule has 1 aromatic heterocycles. The molecule has 136 valence electrons. The van der Waals surface area contributed by atoms with Gasteiger partial charge in [-0.1, -0.05) is 0 Å². The minimum atomic E-state index is -3.14. The molecule has 2 aliphatic heterocycles. The lowest BCUT2D eigenvalue weighted by Gasteiger charge is -2.38. The summed E-state index contributed by atoms with van der Waals surface area (Å²) in [7, 11) is -3.14. The molecular weight excluding hydrogens is 332 g/mol. The quantitative estimate of drug-likeness (QED) is 0.705. The van der Waals surface area contributed by atoms with Crippen LogP contribution in [-0.4, -0.2) is 83.0 Å². The highest BCUT2D eigenvalue weighted by molar-refractivity contribution is 7.88.